The first kappa shape index (κ1) is 18.7. The zero-order valence-electron chi connectivity index (χ0n) is 16.6. The number of aromatic amines is 1. The molecule has 2 N–H and O–H groups in total. The highest BCUT2D eigenvalue weighted by atomic mass is 16.5. The van der Waals surface area contributed by atoms with Gasteiger partial charge in [-0.1, -0.05) is 6.08 Å². The fraction of sp³-hybridized carbons (Fsp3) is 0.304. The summed E-state index contributed by atoms with van der Waals surface area (Å²) in [6.07, 6.45) is 3.79. The summed E-state index contributed by atoms with van der Waals surface area (Å²) in [5.41, 5.74) is 4.78. The number of aromatic nitrogens is 2. The minimum absolute atomic E-state index is 0.0387. The Bertz CT molecular complexity index is 1120. The van der Waals surface area contributed by atoms with E-state index < -0.39 is 0 Å². The maximum absolute atomic E-state index is 12.1. The van der Waals surface area contributed by atoms with Crippen LogP contribution in [0.1, 0.15) is 18.4 Å². The number of hydrogen-bond acceptors (Lipinski definition) is 5. The quantitative estimate of drug-likeness (QED) is 0.649. The highest BCUT2D eigenvalue weighted by Crippen LogP contribution is 2.34. The van der Waals surface area contributed by atoms with Crippen LogP contribution in [0.5, 0.6) is 11.5 Å². The van der Waals surface area contributed by atoms with Gasteiger partial charge in [0.1, 0.15) is 17.2 Å². The first-order chi connectivity index (χ1) is 14.8. The van der Waals surface area contributed by atoms with Crippen LogP contribution >= 0.6 is 0 Å². The van der Waals surface area contributed by atoms with Crippen LogP contribution in [0, 0.1) is 0 Å². The first-order valence-electron chi connectivity index (χ1n) is 10.2. The molecule has 0 unspecified atom stereocenters. The number of benzene rings is 2. The zero-order valence-corrected chi connectivity index (χ0v) is 16.6. The molecule has 2 aromatic carbocycles. The van der Waals surface area contributed by atoms with Crippen LogP contribution in [0.15, 0.2) is 42.5 Å². The summed E-state index contributed by atoms with van der Waals surface area (Å²) in [5, 5.41) is 11.5. The van der Waals surface area contributed by atoms with E-state index in [0.717, 1.165) is 52.1 Å². The Morgan fingerprint density at radius 3 is 2.77 bits per heavy atom. The minimum Gasteiger partial charge on any atom is -0.494 e. The second-order valence-electron chi connectivity index (χ2n) is 7.44. The maximum atomic E-state index is 12.1. The molecule has 2 aliphatic heterocycles. The number of fused-ring (bicyclic) bond motifs is 4. The van der Waals surface area contributed by atoms with Crippen LogP contribution in [0.2, 0.25) is 0 Å². The van der Waals surface area contributed by atoms with Crippen LogP contribution in [-0.2, 0) is 9.53 Å². The van der Waals surface area contributed by atoms with Crippen molar-refractivity contribution in [2.75, 3.05) is 33.0 Å². The Morgan fingerprint density at radius 2 is 1.87 bits per heavy atom. The second kappa shape index (κ2) is 8.20. The minimum atomic E-state index is -0.153. The summed E-state index contributed by atoms with van der Waals surface area (Å²) in [6, 6.07) is 11.9. The van der Waals surface area contributed by atoms with Gasteiger partial charge in [-0.2, -0.15) is 5.10 Å². The normalized spacial score (nSPS) is 17.3. The van der Waals surface area contributed by atoms with Crippen molar-refractivity contribution in [3.63, 3.8) is 0 Å². The largest absolute Gasteiger partial charge is 0.494 e. The van der Waals surface area contributed by atoms with Gasteiger partial charge in [0.25, 0.3) is 5.91 Å². The Balaban J connectivity index is 1.63. The molecule has 3 heterocycles. The van der Waals surface area contributed by atoms with Gasteiger partial charge in [0, 0.05) is 17.5 Å². The van der Waals surface area contributed by atoms with E-state index in [0.29, 0.717) is 31.9 Å². The van der Waals surface area contributed by atoms with E-state index in [1.807, 2.05) is 30.3 Å². The number of rotatable bonds is 1. The van der Waals surface area contributed by atoms with Crippen molar-refractivity contribution >= 4 is 22.4 Å². The molecule has 4 bridgehead atoms. The van der Waals surface area contributed by atoms with Gasteiger partial charge in [-0.25, -0.2) is 0 Å². The van der Waals surface area contributed by atoms with E-state index >= 15 is 0 Å². The number of carbonyl (C=O) groups is 1. The van der Waals surface area contributed by atoms with Gasteiger partial charge in [-0.05, 0) is 60.4 Å². The third-order valence-electron chi connectivity index (χ3n) is 5.28. The summed E-state index contributed by atoms with van der Waals surface area (Å²) >= 11 is 0. The molecule has 0 radical (unpaired) electrons. The van der Waals surface area contributed by atoms with Crippen LogP contribution in [0.25, 0.3) is 27.7 Å². The SMILES string of the molecule is O=C1COc2cc(C3=CCCOC3)cc(c2)-c2n[nH]c3ccc(cc23)OCCCN1. The molecular weight excluding hydrogens is 382 g/mol. The summed E-state index contributed by atoms with van der Waals surface area (Å²) < 4.78 is 17.3. The van der Waals surface area contributed by atoms with E-state index in [1.54, 1.807) is 0 Å². The smallest absolute Gasteiger partial charge is 0.257 e. The lowest BCUT2D eigenvalue weighted by molar-refractivity contribution is -0.123. The molecule has 30 heavy (non-hydrogen) atoms. The Hall–Kier alpha value is -3.32. The fourth-order valence-corrected chi connectivity index (χ4v) is 3.76. The van der Waals surface area contributed by atoms with Gasteiger partial charge in [0.15, 0.2) is 6.61 Å². The fourth-order valence-electron chi connectivity index (χ4n) is 3.76. The van der Waals surface area contributed by atoms with Crippen LogP contribution < -0.4 is 14.8 Å². The number of ether oxygens (including phenoxy) is 3. The third kappa shape index (κ3) is 3.89. The van der Waals surface area contributed by atoms with Crippen LogP contribution in [-0.4, -0.2) is 49.1 Å². The number of carbonyl (C=O) groups excluding carboxylic acids is 1. The average Bonchev–Trinajstić information content (AvgIpc) is 3.21. The molecule has 0 saturated carbocycles. The number of hydrogen-bond donors (Lipinski definition) is 2. The molecule has 0 saturated heterocycles. The molecule has 0 fully saturated rings. The topological polar surface area (TPSA) is 85.5 Å². The molecule has 7 nitrogen and oxygen atoms in total. The van der Waals surface area contributed by atoms with E-state index in [2.05, 4.69) is 27.7 Å². The third-order valence-corrected chi connectivity index (χ3v) is 5.28. The molecule has 1 aromatic heterocycles. The van der Waals surface area contributed by atoms with Gasteiger partial charge in [-0.3, -0.25) is 9.89 Å². The molecule has 0 aliphatic carbocycles. The summed E-state index contributed by atoms with van der Waals surface area (Å²) in [6.45, 7) is 2.31. The van der Waals surface area contributed by atoms with E-state index in [1.165, 1.54) is 0 Å². The van der Waals surface area contributed by atoms with Crippen molar-refractivity contribution in [3.8, 4) is 22.8 Å². The van der Waals surface area contributed by atoms with Gasteiger partial charge < -0.3 is 19.5 Å². The summed E-state index contributed by atoms with van der Waals surface area (Å²) in [7, 11) is 0. The lowest BCUT2D eigenvalue weighted by Gasteiger charge is -2.16. The van der Waals surface area contributed by atoms with Crippen molar-refractivity contribution in [3.05, 3.63) is 48.0 Å². The molecule has 2 aliphatic rings. The monoisotopic (exact) mass is 405 g/mol. The standard InChI is InChI=1S/C23H23N3O4/c27-22-14-30-19-10-16(15-3-1-7-28-13-15)9-17(11-19)23-20-12-18(29-8-2-6-24-22)4-5-21(20)25-26-23/h3-5,9-12H,1-2,6-8,13-14H2,(H,24,27)(H,25,26). The van der Waals surface area contributed by atoms with Crippen molar-refractivity contribution in [2.24, 2.45) is 0 Å². The Labute approximate surface area is 174 Å². The number of H-pyrrole nitrogens is 1. The molecule has 7 heteroatoms. The predicted molar refractivity (Wildman–Crippen MR) is 114 cm³/mol. The maximum Gasteiger partial charge on any atom is 0.257 e. The van der Waals surface area contributed by atoms with Gasteiger partial charge in [0.2, 0.25) is 0 Å². The molecule has 1 amide bonds. The van der Waals surface area contributed by atoms with Crippen LogP contribution in [0.3, 0.4) is 0 Å². The molecule has 0 spiro atoms. The van der Waals surface area contributed by atoms with Gasteiger partial charge in [-0.15, -0.1) is 0 Å². The van der Waals surface area contributed by atoms with Crippen molar-refractivity contribution < 1.29 is 19.0 Å². The number of nitrogens with zero attached hydrogens (tertiary/aromatic N) is 1. The molecule has 5 rings (SSSR count). The van der Waals surface area contributed by atoms with E-state index in [4.69, 9.17) is 14.2 Å². The number of nitrogens with one attached hydrogen (secondary N) is 2. The summed E-state index contributed by atoms with van der Waals surface area (Å²) in [4.78, 5) is 12.1. The van der Waals surface area contributed by atoms with E-state index in [9.17, 15) is 4.79 Å². The Morgan fingerprint density at radius 1 is 0.933 bits per heavy atom. The molecule has 0 atom stereocenters. The van der Waals surface area contributed by atoms with Crippen LogP contribution in [0.4, 0.5) is 0 Å². The molecule has 3 aromatic rings. The lowest BCUT2D eigenvalue weighted by Crippen LogP contribution is -2.30. The number of amides is 1. The molecular formula is C23H23N3O4. The predicted octanol–water partition coefficient (Wildman–Crippen LogP) is 3.31. The van der Waals surface area contributed by atoms with Crippen molar-refractivity contribution in [1.29, 1.82) is 0 Å². The van der Waals surface area contributed by atoms with E-state index in [-0.39, 0.29) is 12.5 Å². The van der Waals surface area contributed by atoms with Gasteiger partial charge >= 0.3 is 0 Å². The first-order valence-corrected chi connectivity index (χ1v) is 10.2. The van der Waals surface area contributed by atoms with Crippen molar-refractivity contribution in [1.82, 2.24) is 15.5 Å². The average molecular weight is 405 g/mol. The highest BCUT2D eigenvalue weighted by molar-refractivity contribution is 5.94. The Kier molecular flexibility index (Phi) is 5.11. The highest BCUT2D eigenvalue weighted by Gasteiger charge is 2.16. The zero-order chi connectivity index (χ0) is 20.3. The second-order valence-corrected chi connectivity index (χ2v) is 7.44. The van der Waals surface area contributed by atoms with Gasteiger partial charge in [0.05, 0.1) is 25.3 Å². The van der Waals surface area contributed by atoms with Crippen molar-refractivity contribution in [2.45, 2.75) is 12.8 Å². The summed E-state index contributed by atoms with van der Waals surface area (Å²) in [5.74, 6) is 1.25. The molecule has 154 valence electrons. The lowest BCUT2D eigenvalue weighted by atomic mass is 9.98.